The molecule has 0 bridgehead atoms. The van der Waals surface area contributed by atoms with Crippen LogP contribution in [-0.2, 0) is 18.1 Å². The molecule has 21 heavy (non-hydrogen) atoms. The molecule has 0 aromatic heterocycles. The Bertz CT molecular complexity index is 293. The fourth-order valence-corrected chi connectivity index (χ4v) is 3.68. The highest BCUT2D eigenvalue weighted by Gasteiger charge is 2.31. The molecule has 0 N–H and O–H groups in total. The van der Waals surface area contributed by atoms with Gasteiger partial charge in [-0.2, -0.15) is 0 Å². The van der Waals surface area contributed by atoms with Gasteiger partial charge in [-0.05, 0) is 37.5 Å². The standard InChI is InChI=1S/C16H33O4P/c1-14(2)10-12-18-21(17,19-13-11-15(3)4)20-16-8-6-5-7-9-16/h14-16H,5-13H2,1-4H3. The number of phosphoric ester groups is 1. The summed E-state index contributed by atoms with van der Waals surface area (Å²) in [6, 6.07) is 0. The number of hydrogen-bond acceptors (Lipinski definition) is 4. The van der Waals surface area contributed by atoms with Crippen LogP contribution < -0.4 is 0 Å². The molecule has 0 aromatic rings. The van der Waals surface area contributed by atoms with Crippen molar-refractivity contribution < 1.29 is 18.1 Å². The summed E-state index contributed by atoms with van der Waals surface area (Å²) in [5.41, 5.74) is 0. The van der Waals surface area contributed by atoms with Crippen molar-refractivity contribution in [1.29, 1.82) is 0 Å². The SMILES string of the molecule is CC(C)CCOP(=O)(OCCC(C)C)OC1CCCCC1. The van der Waals surface area contributed by atoms with E-state index < -0.39 is 7.82 Å². The van der Waals surface area contributed by atoms with Gasteiger partial charge in [0.05, 0.1) is 19.3 Å². The second-order valence-electron chi connectivity index (χ2n) is 6.84. The first-order chi connectivity index (χ1) is 9.91. The van der Waals surface area contributed by atoms with Crippen molar-refractivity contribution in [2.45, 2.75) is 78.7 Å². The van der Waals surface area contributed by atoms with Crippen molar-refractivity contribution >= 4 is 7.82 Å². The van der Waals surface area contributed by atoms with Crippen LogP contribution in [0, 0.1) is 11.8 Å². The monoisotopic (exact) mass is 320 g/mol. The van der Waals surface area contributed by atoms with E-state index in [2.05, 4.69) is 27.7 Å². The van der Waals surface area contributed by atoms with E-state index in [0.717, 1.165) is 38.5 Å². The van der Waals surface area contributed by atoms with Gasteiger partial charge in [0, 0.05) is 0 Å². The highest BCUT2D eigenvalue weighted by atomic mass is 31.2. The minimum absolute atomic E-state index is 0.0303. The van der Waals surface area contributed by atoms with Gasteiger partial charge in [0.25, 0.3) is 0 Å². The van der Waals surface area contributed by atoms with Gasteiger partial charge in [0.2, 0.25) is 0 Å². The van der Waals surface area contributed by atoms with Crippen LogP contribution in [-0.4, -0.2) is 19.3 Å². The first kappa shape index (κ1) is 19.2. The number of hydrogen-bond donors (Lipinski definition) is 0. The summed E-state index contributed by atoms with van der Waals surface area (Å²) < 4.78 is 29.6. The lowest BCUT2D eigenvalue weighted by atomic mass is 9.98. The van der Waals surface area contributed by atoms with E-state index in [4.69, 9.17) is 13.6 Å². The molecule has 0 aromatic carbocycles. The summed E-state index contributed by atoms with van der Waals surface area (Å²) in [4.78, 5) is 0. The van der Waals surface area contributed by atoms with E-state index in [9.17, 15) is 4.57 Å². The highest BCUT2D eigenvalue weighted by Crippen LogP contribution is 2.52. The minimum Gasteiger partial charge on any atom is -0.287 e. The molecule has 0 heterocycles. The Morgan fingerprint density at radius 1 is 0.905 bits per heavy atom. The lowest BCUT2D eigenvalue weighted by molar-refractivity contribution is 0.0579. The largest absolute Gasteiger partial charge is 0.475 e. The molecular formula is C16H33O4P. The fourth-order valence-electron chi connectivity index (χ4n) is 2.25. The zero-order valence-electron chi connectivity index (χ0n) is 14.2. The third-order valence-electron chi connectivity index (χ3n) is 3.72. The topological polar surface area (TPSA) is 44.8 Å². The molecular weight excluding hydrogens is 287 g/mol. The zero-order chi connectivity index (χ0) is 15.7. The van der Waals surface area contributed by atoms with Gasteiger partial charge in [-0.25, -0.2) is 4.57 Å². The fraction of sp³-hybridized carbons (Fsp3) is 1.00. The van der Waals surface area contributed by atoms with Gasteiger partial charge in [-0.15, -0.1) is 0 Å². The zero-order valence-corrected chi connectivity index (χ0v) is 15.1. The second-order valence-corrected chi connectivity index (χ2v) is 8.47. The van der Waals surface area contributed by atoms with Gasteiger partial charge in [0.1, 0.15) is 0 Å². The first-order valence-electron chi connectivity index (χ1n) is 8.49. The van der Waals surface area contributed by atoms with Gasteiger partial charge < -0.3 is 0 Å². The Balaban J connectivity index is 2.47. The Morgan fingerprint density at radius 2 is 1.38 bits per heavy atom. The molecule has 1 saturated carbocycles. The Kier molecular flexibility index (Phi) is 9.12. The molecule has 1 rings (SSSR count). The molecule has 5 heteroatoms. The van der Waals surface area contributed by atoms with Crippen molar-refractivity contribution in [1.82, 2.24) is 0 Å². The number of phosphoric acid groups is 1. The predicted octanol–water partition coefficient (Wildman–Crippen LogP) is 5.57. The van der Waals surface area contributed by atoms with Crippen LogP contribution in [0.5, 0.6) is 0 Å². The molecule has 0 aliphatic heterocycles. The van der Waals surface area contributed by atoms with Crippen LogP contribution in [0.1, 0.15) is 72.6 Å². The summed E-state index contributed by atoms with van der Waals surface area (Å²) in [6.07, 6.45) is 7.22. The molecule has 0 spiro atoms. The molecule has 1 aliphatic carbocycles. The maximum absolute atomic E-state index is 12.8. The van der Waals surface area contributed by atoms with Crippen LogP contribution in [0.15, 0.2) is 0 Å². The molecule has 0 unspecified atom stereocenters. The summed E-state index contributed by atoms with van der Waals surface area (Å²) >= 11 is 0. The van der Waals surface area contributed by atoms with E-state index >= 15 is 0 Å². The summed E-state index contributed by atoms with van der Waals surface area (Å²) in [5.74, 6) is 1.03. The van der Waals surface area contributed by atoms with Gasteiger partial charge in [0.15, 0.2) is 0 Å². The van der Waals surface area contributed by atoms with Gasteiger partial charge in [-0.1, -0.05) is 47.0 Å². The highest BCUT2D eigenvalue weighted by molar-refractivity contribution is 7.48. The average molecular weight is 320 g/mol. The minimum atomic E-state index is -3.40. The van der Waals surface area contributed by atoms with E-state index in [1.807, 2.05) is 0 Å². The smallest absolute Gasteiger partial charge is 0.287 e. The molecule has 4 nitrogen and oxygen atoms in total. The van der Waals surface area contributed by atoms with Crippen molar-refractivity contribution in [2.24, 2.45) is 11.8 Å². The second kappa shape index (κ2) is 9.99. The van der Waals surface area contributed by atoms with E-state index in [1.54, 1.807) is 0 Å². The van der Waals surface area contributed by atoms with Crippen LogP contribution >= 0.6 is 7.82 Å². The quantitative estimate of drug-likeness (QED) is 0.494. The van der Waals surface area contributed by atoms with Crippen molar-refractivity contribution in [3.05, 3.63) is 0 Å². The Labute approximate surface area is 130 Å². The van der Waals surface area contributed by atoms with Crippen molar-refractivity contribution in [3.63, 3.8) is 0 Å². The summed E-state index contributed by atoms with van der Waals surface area (Å²) in [5, 5.41) is 0. The lowest BCUT2D eigenvalue weighted by Gasteiger charge is -2.26. The molecule has 0 atom stereocenters. The predicted molar refractivity (Wildman–Crippen MR) is 86.4 cm³/mol. The average Bonchev–Trinajstić information content (AvgIpc) is 2.38. The normalized spacial score (nSPS) is 17.8. The van der Waals surface area contributed by atoms with Gasteiger partial charge >= 0.3 is 7.82 Å². The van der Waals surface area contributed by atoms with Crippen LogP contribution in [0.3, 0.4) is 0 Å². The first-order valence-corrected chi connectivity index (χ1v) is 9.95. The molecule has 0 amide bonds. The Hall–Kier alpha value is 0.110. The van der Waals surface area contributed by atoms with Crippen LogP contribution in [0.2, 0.25) is 0 Å². The van der Waals surface area contributed by atoms with Crippen LogP contribution in [0.4, 0.5) is 0 Å². The maximum Gasteiger partial charge on any atom is 0.475 e. The molecule has 0 radical (unpaired) electrons. The molecule has 1 aliphatic rings. The third-order valence-corrected chi connectivity index (χ3v) is 5.27. The van der Waals surface area contributed by atoms with E-state index in [1.165, 1.54) is 6.42 Å². The molecule has 0 saturated heterocycles. The Morgan fingerprint density at radius 3 is 1.81 bits per heavy atom. The lowest BCUT2D eigenvalue weighted by Crippen LogP contribution is -2.17. The third kappa shape index (κ3) is 8.97. The number of rotatable bonds is 10. The van der Waals surface area contributed by atoms with Crippen LogP contribution in [0.25, 0.3) is 0 Å². The van der Waals surface area contributed by atoms with E-state index in [0.29, 0.717) is 25.0 Å². The van der Waals surface area contributed by atoms with Gasteiger partial charge in [-0.3, -0.25) is 13.6 Å². The van der Waals surface area contributed by atoms with E-state index in [-0.39, 0.29) is 6.10 Å². The van der Waals surface area contributed by atoms with Crippen molar-refractivity contribution in [2.75, 3.05) is 13.2 Å². The molecule has 1 fully saturated rings. The maximum atomic E-state index is 12.8. The summed E-state index contributed by atoms with van der Waals surface area (Å²) in [6.45, 7) is 9.35. The summed E-state index contributed by atoms with van der Waals surface area (Å²) in [7, 11) is -3.40. The van der Waals surface area contributed by atoms with Crippen molar-refractivity contribution in [3.8, 4) is 0 Å². The molecule has 126 valence electrons.